The van der Waals surface area contributed by atoms with Crippen molar-refractivity contribution in [2.75, 3.05) is 19.8 Å². The molecule has 0 saturated heterocycles. The Kier molecular flexibility index (Phi) is 33.8. The zero-order valence-corrected chi connectivity index (χ0v) is 10.2. The molecule has 6 nitrogen and oxygen atoms in total. The predicted molar refractivity (Wildman–Crippen MR) is 50.6 cm³/mol. The molecule has 9 N–H and O–H groups in total. The number of hydrogen-bond donors (Lipinski definition) is 3. The molecule has 3 radical (unpaired) electrons. The Morgan fingerprint density at radius 1 is 0.846 bits per heavy atom. The molecule has 0 aromatic heterocycles. The Labute approximate surface area is 95.0 Å². The van der Waals surface area contributed by atoms with Gasteiger partial charge in [0.05, 0.1) is 19.8 Å². The van der Waals surface area contributed by atoms with Crippen molar-refractivity contribution in [1.29, 1.82) is 0 Å². The van der Waals surface area contributed by atoms with E-state index >= 15 is 0 Å². The number of hydrogen-bond acceptors (Lipinski definition) is 3. The third-order valence-corrected chi connectivity index (χ3v) is 1.76. The monoisotopic (exact) mass is 309 g/mol. The fourth-order valence-electron chi connectivity index (χ4n) is 0.485. The molecule has 0 aliphatic heterocycles. The molecular weight excluding hydrogens is 290 g/mol. The first-order chi connectivity index (χ1) is 4.24. The van der Waals surface area contributed by atoms with Gasteiger partial charge in [-0.05, 0) is 6.42 Å². The molecule has 0 fully saturated rings. The molecule has 0 amide bonds. The van der Waals surface area contributed by atoms with Gasteiger partial charge in [-0.25, -0.2) is 0 Å². The van der Waals surface area contributed by atoms with Crippen LogP contribution in [0.1, 0.15) is 13.3 Å². The van der Waals surface area contributed by atoms with Crippen molar-refractivity contribution < 1.29 is 31.7 Å². The summed E-state index contributed by atoms with van der Waals surface area (Å²) in [5.41, 5.74) is -0.667. The van der Waals surface area contributed by atoms with Crippen LogP contribution in [0.3, 0.4) is 0 Å². The fourth-order valence-corrected chi connectivity index (χ4v) is 0.485. The summed E-state index contributed by atoms with van der Waals surface area (Å²) in [4.78, 5) is 0. The Bertz CT molecular complexity index is 60.0. The van der Waals surface area contributed by atoms with E-state index in [-0.39, 0.29) is 60.7 Å². The second kappa shape index (κ2) is 15.1. The third kappa shape index (κ3) is 8.90. The van der Waals surface area contributed by atoms with Gasteiger partial charge in [-0.15, -0.1) is 0 Å². The molecule has 0 aromatic rings. The first-order valence-electron chi connectivity index (χ1n) is 3.07. The van der Waals surface area contributed by atoms with E-state index in [1.54, 1.807) is 0 Å². The Hall–Kier alpha value is 0.578. The average Bonchev–Trinajstić information content (AvgIpc) is 1.95. The molecule has 0 aromatic carbocycles. The molecular formula is C6H20O6Sb. The van der Waals surface area contributed by atoms with E-state index in [1.807, 2.05) is 6.92 Å². The van der Waals surface area contributed by atoms with Crippen LogP contribution in [-0.4, -0.2) is 76.0 Å². The van der Waals surface area contributed by atoms with Crippen LogP contribution in [0, 0.1) is 5.41 Å². The number of aliphatic hydroxyl groups excluding tert-OH is 3. The quantitative estimate of drug-likeness (QED) is 0.461. The second-order valence-electron chi connectivity index (χ2n) is 2.33. The van der Waals surface area contributed by atoms with Gasteiger partial charge in [0.2, 0.25) is 0 Å². The van der Waals surface area contributed by atoms with Crippen LogP contribution in [0.4, 0.5) is 0 Å². The van der Waals surface area contributed by atoms with E-state index in [9.17, 15) is 0 Å². The minimum absolute atomic E-state index is 0. The first kappa shape index (κ1) is 29.2. The standard InChI is InChI=1S/C6H14O3.3H2O.Sb/c1-2-6(3-7,4-8)5-9;;;;/h7-9H,2-5H2,1H3;3*1H2;. The van der Waals surface area contributed by atoms with Gasteiger partial charge in [0, 0.05) is 29.8 Å². The third-order valence-electron chi connectivity index (χ3n) is 1.76. The molecule has 0 spiro atoms. The fraction of sp³-hybridized carbons (Fsp3) is 1.00. The molecule has 0 rings (SSSR count). The average molecular weight is 310 g/mol. The Morgan fingerprint density at radius 2 is 1.08 bits per heavy atom. The summed E-state index contributed by atoms with van der Waals surface area (Å²) < 4.78 is 0. The molecule has 13 heavy (non-hydrogen) atoms. The molecule has 0 bridgehead atoms. The topological polar surface area (TPSA) is 155 Å². The van der Waals surface area contributed by atoms with E-state index in [0.29, 0.717) is 6.42 Å². The summed E-state index contributed by atoms with van der Waals surface area (Å²) in [7, 11) is 0. The van der Waals surface area contributed by atoms with Gasteiger partial charge in [0.25, 0.3) is 0 Å². The molecule has 0 heterocycles. The molecule has 0 saturated carbocycles. The largest absolute Gasteiger partial charge is 0.412 e. The molecule has 0 aliphatic carbocycles. The maximum atomic E-state index is 8.66. The van der Waals surface area contributed by atoms with Gasteiger partial charge in [0.1, 0.15) is 0 Å². The smallest absolute Gasteiger partial charge is 0.0531 e. The van der Waals surface area contributed by atoms with Crippen molar-refractivity contribution in [2.45, 2.75) is 13.3 Å². The summed E-state index contributed by atoms with van der Waals surface area (Å²) in [6, 6.07) is 0. The van der Waals surface area contributed by atoms with Crippen molar-refractivity contribution in [3.63, 3.8) is 0 Å². The van der Waals surface area contributed by atoms with Gasteiger partial charge in [-0.2, -0.15) is 0 Å². The second-order valence-corrected chi connectivity index (χ2v) is 2.33. The van der Waals surface area contributed by atoms with E-state index in [4.69, 9.17) is 15.3 Å². The molecule has 0 atom stereocenters. The minimum Gasteiger partial charge on any atom is -0.412 e. The first-order valence-corrected chi connectivity index (χ1v) is 3.07. The Balaban J connectivity index is -0.0000000533. The SMILES string of the molecule is CCC(CO)(CO)CO.O.O.O.[Sb]. The minimum atomic E-state index is -0.667. The van der Waals surface area contributed by atoms with Crippen molar-refractivity contribution >= 4 is 24.4 Å². The molecule has 85 valence electrons. The zero-order valence-electron chi connectivity index (χ0n) is 7.62. The number of aliphatic hydroxyl groups is 3. The van der Waals surface area contributed by atoms with Crippen LogP contribution in [0.5, 0.6) is 0 Å². The van der Waals surface area contributed by atoms with Crippen LogP contribution in [0.25, 0.3) is 0 Å². The number of rotatable bonds is 4. The normalized spacial score (nSPS) is 8.31. The van der Waals surface area contributed by atoms with E-state index in [1.165, 1.54) is 0 Å². The molecule has 7 heteroatoms. The summed E-state index contributed by atoms with van der Waals surface area (Å²) in [5, 5.41) is 26.0. The van der Waals surface area contributed by atoms with E-state index < -0.39 is 5.41 Å². The van der Waals surface area contributed by atoms with Crippen molar-refractivity contribution in [3.05, 3.63) is 0 Å². The van der Waals surface area contributed by atoms with Gasteiger partial charge in [0.15, 0.2) is 0 Å². The predicted octanol–water partition coefficient (Wildman–Crippen LogP) is -3.50. The van der Waals surface area contributed by atoms with Crippen LogP contribution in [0.15, 0.2) is 0 Å². The maximum absolute atomic E-state index is 8.66. The van der Waals surface area contributed by atoms with Crippen LogP contribution in [0.2, 0.25) is 0 Å². The summed E-state index contributed by atoms with van der Waals surface area (Å²) in [6.45, 7) is 1.35. The van der Waals surface area contributed by atoms with Crippen molar-refractivity contribution in [2.24, 2.45) is 5.41 Å². The summed E-state index contributed by atoms with van der Waals surface area (Å²) in [6.07, 6.45) is 0.594. The summed E-state index contributed by atoms with van der Waals surface area (Å²) >= 11 is 0. The van der Waals surface area contributed by atoms with Crippen LogP contribution < -0.4 is 0 Å². The Morgan fingerprint density at radius 3 is 1.08 bits per heavy atom. The van der Waals surface area contributed by atoms with Crippen LogP contribution >= 0.6 is 0 Å². The zero-order chi connectivity index (χ0) is 7.33. The maximum Gasteiger partial charge on any atom is 0.0531 e. The van der Waals surface area contributed by atoms with Gasteiger partial charge >= 0.3 is 0 Å². The molecule has 0 aliphatic rings. The van der Waals surface area contributed by atoms with Gasteiger partial charge in [-0.1, -0.05) is 6.92 Å². The van der Waals surface area contributed by atoms with Gasteiger partial charge < -0.3 is 31.7 Å². The van der Waals surface area contributed by atoms with Crippen LogP contribution in [-0.2, 0) is 0 Å². The summed E-state index contributed by atoms with van der Waals surface area (Å²) in [5.74, 6) is 0. The molecule has 0 unspecified atom stereocenters. The van der Waals surface area contributed by atoms with Crippen molar-refractivity contribution in [1.82, 2.24) is 0 Å². The van der Waals surface area contributed by atoms with E-state index in [2.05, 4.69) is 0 Å². The van der Waals surface area contributed by atoms with E-state index in [0.717, 1.165) is 0 Å². The van der Waals surface area contributed by atoms with Gasteiger partial charge in [-0.3, -0.25) is 0 Å². The van der Waals surface area contributed by atoms with Crippen molar-refractivity contribution in [3.8, 4) is 0 Å².